The second kappa shape index (κ2) is 6.52. The number of hydrogen-bond donors (Lipinski definition) is 2. The molecule has 0 saturated heterocycles. The van der Waals surface area contributed by atoms with Crippen LogP contribution in [0.25, 0.3) is 0 Å². The van der Waals surface area contributed by atoms with Gasteiger partial charge in [-0.25, -0.2) is 0 Å². The Kier molecular flexibility index (Phi) is 4.73. The summed E-state index contributed by atoms with van der Waals surface area (Å²) < 4.78 is 5.55. The Morgan fingerprint density at radius 1 is 1.33 bits per heavy atom. The Morgan fingerprint density at radius 3 is 2.72 bits per heavy atom. The van der Waals surface area contributed by atoms with Gasteiger partial charge in [-0.15, -0.1) is 0 Å². The van der Waals surface area contributed by atoms with Crippen molar-refractivity contribution in [2.45, 2.75) is 18.9 Å². The molecule has 1 fully saturated rings. The number of anilines is 1. The van der Waals surface area contributed by atoms with Gasteiger partial charge in [0.05, 0.1) is 6.10 Å². The molecule has 2 N–H and O–H groups in total. The van der Waals surface area contributed by atoms with Gasteiger partial charge in [0, 0.05) is 5.69 Å². The van der Waals surface area contributed by atoms with Crippen LogP contribution >= 0.6 is 0 Å². The van der Waals surface area contributed by atoms with Gasteiger partial charge in [-0.2, -0.15) is 0 Å². The summed E-state index contributed by atoms with van der Waals surface area (Å²) in [6, 6.07) is 9.44. The molecule has 1 aromatic carbocycles. The number of amides is 1. The first kappa shape index (κ1) is 13.1. The Bertz CT molecular complexity index is 375. The molecule has 0 unspecified atom stereocenters. The van der Waals surface area contributed by atoms with Crippen LogP contribution in [0.2, 0.25) is 0 Å². The van der Waals surface area contributed by atoms with Gasteiger partial charge in [0.25, 0.3) is 0 Å². The van der Waals surface area contributed by atoms with Gasteiger partial charge in [0.1, 0.15) is 6.61 Å². The average Bonchev–Trinajstić information content (AvgIpc) is 2.33. The number of para-hydroxylation sites is 1. The Labute approximate surface area is 108 Å². The molecule has 0 radical (unpaired) electrons. The van der Waals surface area contributed by atoms with Crippen LogP contribution < -0.4 is 10.6 Å². The highest BCUT2D eigenvalue weighted by atomic mass is 16.5. The normalized spacial score (nSPS) is 22.3. The summed E-state index contributed by atoms with van der Waals surface area (Å²) in [4.78, 5) is 11.6. The van der Waals surface area contributed by atoms with Gasteiger partial charge in [-0.3, -0.25) is 4.79 Å². The van der Waals surface area contributed by atoms with Crippen LogP contribution in [0.1, 0.15) is 12.8 Å². The number of nitrogens with one attached hydrogen (secondary N) is 2. The van der Waals surface area contributed by atoms with Crippen molar-refractivity contribution in [3.63, 3.8) is 0 Å². The zero-order valence-corrected chi connectivity index (χ0v) is 10.7. The molecule has 1 amide bonds. The number of ether oxygens (including phenoxy) is 1. The summed E-state index contributed by atoms with van der Waals surface area (Å²) >= 11 is 0. The van der Waals surface area contributed by atoms with Crippen molar-refractivity contribution >= 4 is 11.6 Å². The van der Waals surface area contributed by atoms with Gasteiger partial charge in [0.15, 0.2) is 0 Å². The van der Waals surface area contributed by atoms with Crippen LogP contribution in [0.4, 0.5) is 5.69 Å². The van der Waals surface area contributed by atoms with Crippen molar-refractivity contribution in [2.24, 2.45) is 5.92 Å². The fraction of sp³-hybridized carbons (Fsp3) is 0.500. The monoisotopic (exact) mass is 248 g/mol. The zero-order chi connectivity index (χ0) is 12.8. The van der Waals surface area contributed by atoms with Crippen molar-refractivity contribution in [3.05, 3.63) is 30.3 Å². The highest BCUT2D eigenvalue weighted by Crippen LogP contribution is 2.29. The highest BCUT2D eigenvalue weighted by molar-refractivity contribution is 5.91. The molecule has 98 valence electrons. The number of hydrogen-bond acceptors (Lipinski definition) is 3. The summed E-state index contributed by atoms with van der Waals surface area (Å²) in [6.45, 7) is 1.18. The standard InChI is InChI=1S/C14H20N2O2/c1-15-9-11-7-13(8-11)18-10-14(17)16-12-5-3-2-4-6-12/h2-6,11,13,15H,7-10H2,1H3,(H,16,17). The molecular weight excluding hydrogens is 228 g/mol. The molecule has 4 heteroatoms. The lowest BCUT2D eigenvalue weighted by molar-refractivity contribution is -0.125. The van der Waals surface area contributed by atoms with E-state index in [0.29, 0.717) is 5.92 Å². The van der Waals surface area contributed by atoms with Gasteiger partial charge in [0.2, 0.25) is 5.91 Å². The first-order valence-electron chi connectivity index (χ1n) is 6.39. The van der Waals surface area contributed by atoms with Gasteiger partial charge in [-0.05, 0) is 44.5 Å². The molecule has 1 aromatic rings. The molecule has 1 aliphatic rings. The third-order valence-corrected chi connectivity index (χ3v) is 3.19. The molecule has 1 aliphatic carbocycles. The minimum Gasteiger partial charge on any atom is -0.368 e. The molecule has 0 spiro atoms. The number of carbonyl (C=O) groups excluding carboxylic acids is 1. The first-order valence-corrected chi connectivity index (χ1v) is 6.39. The fourth-order valence-electron chi connectivity index (χ4n) is 2.18. The van der Waals surface area contributed by atoms with Crippen LogP contribution in [0.5, 0.6) is 0 Å². The lowest BCUT2D eigenvalue weighted by atomic mass is 9.82. The van der Waals surface area contributed by atoms with Crippen molar-refractivity contribution in [1.82, 2.24) is 5.32 Å². The average molecular weight is 248 g/mol. The third-order valence-electron chi connectivity index (χ3n) is 3.19. The largest absolute Gasteiger partial charge is 0.368 e. The Hall–Kier alpha value is -1.39. The predicted octanol–water partition coefficient (Wildman–Crippen LogP) is 1.64. The van der Waals surface area contributed by atoms with E-state index in [1.54, 1.807) is 0 Å². The second-order valence-corrected chi connectivity index (χ2v) is 4.74. The van der Waals surface area contributed by atoms with E-state index < -0.39 is 0 Å². The van der Waals surface area contributed by atoms with Gasteiger partial charge < -0.3 is 15.4 Å². The van der Waals surface area contributed by atoms with Crippen LogP contribution in [0.15, 0.2) is 30.3 Å². The SMILES string of the molecule is CNCC1CC(OCC(=O)Nc2ccccc2)C1. The maximum absolute atomic E-state index is 11.6. The van der Waals surface area contributed by atoms with Crippen molar-refractivity contribution in [1.29, 1.82) is 0 Å². The Morgan fingerprint density at radius 2 is 2.06 bits per heavy atom. The van der Waals surface area contributed by atoms with Crippen LogP contribution in [0.3, 0.4) is 0 Å². The van der Waals surface area contributed by atoms with Crippen molar-refractivity contribution in [2.75, 3.05) is 25.5 Å². The van der Waals surface area contributed by atoms with E-state index in [1.165, 1.54) is 0 Å². The molecule has 2 rings (SSSR count). The zero-order valence-electron chi connectivity index (χ0n) is 10.7. The number of rotatable bonds is 6. The summed E-state index contributed by atoms with van der Waals surface area (Å²) in [7, 11) is 1.96. The maximum atomic E-state index is 11.6. The predicted molar refractivity (Wildman–Crippen MR) is 71.5 cm³/mol. The molecule has 4 nitrogen and oxygen atoms in total. The third kappa shape index (κ3) is 3.82. The van der Waals surface area contributed by atoms with E-state index in [-0.39, 0.29) is 18.6 Å². The van der Waals surface area contributed by atoms with E-state index in [4.69, 9.17) is 4.74 Å². The quantitative estimate of drug-likeness (QED) is 0.804. The summed E-state index contributed by atoms with van der Waals surface area (Å²) in [5.74, 6) is 0.621. The molecule has 0 bridgehead atoms. The van der Waals surface area contributed by atoms with Crippen molar-refractivity contribution in [3.8, 4) is 0 Å². The minimum atomic E-state index is -0.0849. The van der Waals surface area contributed by atoms with Crippen molar-refractivity contribution < 1.29 is 9.53 Å². The maximum Gasteiger partial charge on any atom is 0.250 e. The molecule has 0 aromatic heterocycles. The lowest BCUT2D eigenvalue weighted by Gasteiger charge is -2.34. The molecular formula is C14H20N2O2. The van der Waals surface area contributed by atoms with Gasteiger partial charge in [-0.1, -0.05) is 18.2 Å². The van der Waals surface area contributed by atoms with E-state index in [0.717, 1.165) is 25.1 Å². The molecule has 1 saturated carbocycles. The lowest BCUT2D eigenvalue weighted by Crippen LogP contribution is -2.38. The second-order valence-electron chi connectivity index (χ2n) is 4.74. The molecule has 0 aliphatic heterocycles. The van der Waals surface area contributed by atoms with E-state index in [1.807, 2.05) is 37.4 Å². The number of benzene rings is 1. The van der Waals surface area contributed by atoms with Crippen LogP contribution in [-0.4, -0.2) is 32.2 Å². The summed E-state index contributed by atoms with van der Waals surface area (Å²) in [6.07, 6.45) is 2.36. The first-order chi connectivity index (χ1) is 8.78. The summed E-state index contributed by atoms with van der Waals surface area (Å²) in [5.41, 5.74) is 0.813. The summed E-state index contributed by atoms with van der Waals surface area (Å²) in [5, 5.41) is 5.96. The van der Waals surface area contributed by atoms with Crippen LogP contribution in [0, 0.1) is 5.92 Å². The topological polar surface area (TPSA) is 50.4 Å². The van der Waals surface area contributed by atoms with E-state index in [9.17, 15) is 4.79 Å². The fourth-order valence-corrected chi connectivity index (χ4v) is 2.18. The number of carbonyl (C=O) groups is 1. The molecule has 0 heterocycles. The highest BCUT2D eigenvalue weighted by Gasteiger charge is 2.29. The molecule has 0 atom stereocenters. The van der Waals surface area contributed by atoms with Crippen LogP contribution in [-0.2, 0) is 9.53 Å². The Balaban J connectivity index is 1.62. The van der Waals surface area contributed by atoms with E-state index in [2.05, 4.69) is 10.6 Å². The molecule has 18 heavy (non-hydrogen) atoms. The van der Waals surface area contributed by atoms with E-state index >= 15 is 0 Å². The smallest absolute Gasteiger partial charge is 0.250 e. The van der Waals surface area contributed by atoms with Gasteiger partial charge >= 0.3 is 0 Å². The minimum absolute atomic E-state index is 0.0849.